The van der Waals surface area contributed by atoms with E-state index in [0.29, 0.717) is 0 Å². The lowest BCUT2D eigenvalue weighted by molar-refractivity contribution is 1.22. The first-order valence-corrected chi connectivity index (χ1v) is 8.57. The van der Waals surface area contributed by atoms with Crippen LogP contribution in [0.15, 0.2) is 73.1 Å². The standard InChI is InChI=1S/C21H13N3S/c1-2-16-9-10-21(25-16)15-13-19(17-7-3-5-11-22-17)24-20(14-15)18-8-4-6-12-23-18/h1,3-14H. The van der Waals surface area contributed by atoms with Gasteiger partial charge in [0.05, 0.1) is 27.7 Å². The van der Waals surface area contributed by atoms with Crippen molar-refractivity contribution >= 4 is 11.3 Å². The van der Waals surface area contributed by atoms with Crippen LogP contribution in [0.1, 0.15) is 4.88 Å². The zero-order valence-corrected chi connectivity index (χ0v) is 14.1. The fraction of sp³-hybridized carbons (Fsp3) is 0. The largest absolute Gasteiger partial charge is 0.255 e. The fourth-order valence-corrected chi connectivity index (χ4v) is 3.34. The SMILES string of the molecule is C#Cc1ccc(-c2cc(-c3ccccn3)nc(-c3ccccn3)c2)s1. The molecule has 4 aromatic heterocycles. The Bertz CT molecular complexity index is 990. The van der Waals surface area contributed by atoms with Gasteiger partial charge >= 0.3 is 0 Å². The summed E-state index contributed by atoms with van der Waals surface area (Å²) >= 11 is 1.59. The van der Waals surface area contributed by atoms with Gasteiger partial charge in [0.25, 0.3) is 0 Å². The summed E-state index contributed by atoms with van der Waals surface area (Å²) in [5.74, 6) is 2.69. The van der Waals surface area contributed by atoms with Crippen molar-refractivity contribution in [2.24, 2.45) is 0 Å². The molecule has 0 amide bonds. The van der Waals surface area contributed by atoms with Crippen LogP contribution < -0.4 is 0 Å². The zero-order chi connectivity index (χ0) is 17.1. The summed E-state index contributed by atoms with van der Waals surface area (Å²) in [4.78, 5) is 15.6. The van der Waals surface area contributed by atoms with Gasteiger partial charge in [-0.2, -0.15) is 0 Å². The Balaban J connectivity index is 1.90. The molecule has 118 valence electrons. The van der Waals surface area contributed by atoms with E-state index in [0.717, 1.165) is 38.1 Å². The van der Waals surface area contributed by atoms with Gasteiger partial charge in [-0.05, 0) is 54.1 Å². The minimum absolute atomic E-state index is 0.814. The highest BCUT2D eigenvalue weighted by Gasteiger charge is 2.11. The molecular formula is C21H13N3S. The van der Waals surface area contributed by atoms with Crippen molar-refractivity contribution in [3.05, 3.63) is 77.9 Å². The van der Waals surface area contributed by atoms with Crippen molar-refractivity contribution in [3.63, 3.8) is 0 Å². The first kappa shape index (κ1) is 15.3. The molecule has 0 spiro atoms. The molecule has 0 N–H and O–H groups in total. The summed E-state index contributed by atoms with van der Waals surface area (Å²) in [6.45, 7) is 0. The predicted molar refractivity (Wildman–Crippen MR) is 102 cm³/mol. The molecule has 0 saturated heterocycles. The van der Waals surface area contributed by atoms with E-state index in [9.17, 15) is 0 Å². The van der Waals surface area contributed by atoms with Crippen LogP contribution in [0, 0.1) is 12.3 Å². The number of hydrogen-bond acceptors (Lipinski definition) is 4. The van der Waals surface area contributed by atoms with E-state index in [-0.39, 0.29) is 0 Å². The summed E-state index contributed by atoms with van der Waals surface area (Å²) < 4.78 is 0. The van der Waals surface area contributed by atoms with E-state index < -0.39 is 0 Å². The van der Waals surface area contributed by atoms with Crippen LogP contribution in [0.2, 0.25) is 0 Å². The maximum absolute atomic E-state index is 5.51. The average Bonchev–Trinajstić information content (AvgIpc) is 3.18. The van der Waals surface area contributed by atoms with Gasteiger partial charge in [0, 0.05) is 17.3 Å². The molecule has 0 bridgehead atoms. The Labute approximate surface area is 150 Å². The quantitative estimate of drug-likeness (QED) is 0.498. The molecule has 0 aromatic carbocycles. The van der Waals surface area contributed by atoms with Gasteiger partial charge in [-0.1, -0.05) is 18.1 Å². The number of rotatable bonds is 3. The second-order valence-corrected chi connectivity index (χ2v) is 6.45. The summed E-state index contributed by atoms with van der Waals surface area (Å²) in [7, 11) is 0. The van der Waals surface area contributed by atoms with Gasteiger partial charge in [0.2, 0.25) is 0 Å². The lowest BCUT2D eigenvalue weighted by Crippen LogP contribution is -1.93. The number of hydrogen-bond donors (Lipinski definition) is 0. The third-order valence-corrected chi connectivity index (χ3v) is 4.78. The third-order valence-electron chi connectivity index (χ3n) is 3.71. The first-order valence-electron chi connectivity index (χ1n) is 7.75. The lowest BCUT2D eigenvalue weighted by atomic mass is 10.1. The smallest absolute Gasteiger partial charge is 0.0900 e. The van der Waals surface area contributed by atoms with E-state index in [4.69, 9.17) is 11.4 Å². The van der Waals surface area contributed by atoms with Gasteiger partial charge in [0.1, 0.15) is 0 Å². The Morgan fingerprint density at radius 2 is 1.40 bits per heavy atom. The molecule has 25 heavy (non-hydrogen) atoms. The molecule has 4 rings (SSSR count). The van der Waals surface area contributed by atoms with Crippen LogP contribution in [-0.4, -0.2) is 15.0 Å². The van der Waals surface area contributed by atoms with Gasteiger partial charge in [-0.15, -0.1) is 17.8 Å². The monoisotopic (exact) mass is 339 g/mol. The molecule has 0 fully saturated rings. The highest BCUT2D eigenvalue weighted by atomic mass is 32.1. The molecule has 0 aliphatic heterocycles. The average molecular weight is 339 g/mol. The molecular weight excluding hydrogens is 326 g/mol. The van der Waals surface area contributed by atoms with Gasteiger partial charge in [-0.25, -0.2) is 4.98 Å². The zero-order valence-electron chi connectivity index (χ0n) is 13.3. The van der Waals surface area contributed by atoms with E-state index in [2.05, 4.69) is 15.9 Å². The van der Waals surface area contributed by atoms with Crippen LogP contribution in [0.3, 0.4) is 0 Å². The fourth-order valence-electron chi connectivity index (χ4n) is 2.53. The summed E-state index contributed by atoms with van der Waals surface area (Å²) in [5.41, 5.74) is 4.34. The maximum atomic E-state index is 5.51. The Kier molecular flexibility index (Phi) is 4.07. The van der Waals surface area contributed by atoms with E-state index in [1.807, 2.05) is 60.7 Å². The highest BCUT2D eigenvalue weighted by molar-refractivity contribution is 7.16. The van der Waals surface area contributed by atoms with Crippen molar-refractivity contribution < 1.29 is 0 Å². The molecule has 0 aliphatic carbocycles. The molecule has 4 heteroatoms. The minimum Gasteiger partial charge on any atom is -0.255 e. The molecule has 0 atom stereocenters. The maximum Gasteiger partial charge on any atom is 0.0900 e. The van der Waals surface area contributed by atoms with Gasteiger partial charge < -0.3 is 0 Å². The number of thiophene rings is 1. The molecule has 4 heterocycles. The van der Waals surface area contributed by atoms with E-state index in [1.165, 1.54) is 0 Å². The number of terminal acetylenes is 1. The van der Waals surface area contributed by atoms with Crippen LogP contribution in [0.5, 0.6) is 0 Å². The molecule has 0 unspecified atom stereocenters. The Morgan fingerprint density at radius 1 is 0.760 bits per heavy atom. The topological polar surface area (TPSA) is 38.7 Å². The van der Waals surface area contributed by atoms with Gasteiger partial charge in [0.15, 0.2) is 0 Å². The second kappa shape index (κ2) is 6.68. The molecule has 4 aromatic rings. The third kappa shape index (κ3) is 3.18. The van der Waals surface area contributed by atoms with E-state index in [1.54, 1.807) is 23.7 Å². The predicted octanol–water partition coefficient (Wildman–Crippen LogP) is 4.92. The molecule has 3 nitrogen and oxygen atoms in total. The summed E-state index contributed by atoms with van der Waals surface area (Å²) in [5, 5.41) is 0. The molecule has 0 aliphatic rings. The van der Waals surface area contributed by atoms with Crippen LogP contribution in [-0.2, 0) is 0 Å². The van der Waals surface area contributed by atoms with Crippen molar-refractivity contribution in [1.29, 1.82) is 0 Å². The van der Waals surface area contributed by atoms with Crippen molar-refractivity contribution in [3.8, 4) is 45.6 Å². The van der Waals surface area contributed by atoms with Gasteiger partial charge in [-0.3, -0.25) is 9.97 Å². The number of pyridine rings is 3. The highest BCUT2D eigenvalue weighted by Crippen LogP contribution is 2.32. The molecule has 0 saturated carbocycles. The minimum atomic E-state index is 0.814. The van der Waals surface area contributed by atoms with Crippen LogP contribution >= 0.6 is 11.3 Å². The Morgan fingerprint density at radius 3 is 1.88 bits per heavy atom. The normalized spacial score (nSPS) is 10.4. The van der Waals surface area contributed by atoms with E-state index >= 15 is 0 Å². The summed E-state index contributed by atoms with van der Waals surface area (Å²) in [6, 6.07) is 19.7. The molecule has 0 radical (unpaired) electrons. The van der Waals surface area contributed by atoms with Crippen molar-refractivity contribution in [2.75, 3.05) is 0 Å². The Hall–Kier alpha value is -3.29. The second-order valence-electron chi connectivity index (χ2n) is 5.36. The number of nitrogens with zero attached hydrogens (tertiary/aromatic N) is 3. The first-order chi connectivity index (χ1) is 12.3. The van der Waals surface area contributed by atoms with Crippen LogP contribution in [0.25, 0.3) is 33.2 Å². The van der Waals surface area contributed by atoms with Crippen LogP contribution in [0.4, 0.5) is 0 Å². The lowest BCUT2D eigenvalue weighted by Gasteiger charge is -2.08. The van der Waals surface area contributed by atoms with Crippen molar-refractivity contribution in [1.82, 2.24) is 15.0 Å². The summed E-state index contributed by atoms with van der Waals surface area (Å²) in [6.07, 6.45) is 9.05. The van der Waals surface area contributed by atoms with Crippen molar-refractivity contribution in [2.45, 2.75) is 0 Å². The number of aromatic nitrogens is 3.